The van der Waals surface area contributed by atoms with E-state index in [1.165, 1.54) is 57.8 Å². The Bertz CT molecular complexity index is 190. The van der Waals surface area contributed by atoms with Gasteiger partial charge in [-0.15, -0.1) is 0 Å². The van der Waals surface area contributed by atoms with Crippen LogP contribution in [-0.4, -0.2) is 22.2 Å². The summed E-state index contributed by atoms with van der Waals surface area (Å²) in [6.45, 7) is 4.52. The Morgan fingerprint density at radius 3 is 2.50 bits per heavy atom. The van der Waals surface area contributed by atoms with Crippen molar-refractivity contribution < 1.29 is 5.11 Å². The lowest BCUT2D eigenvalue weighted by Gasteiger charge is -2.24. The van der Waals surface area contributed by atoms with E-state index in [1.54, 1.807) is 0 Å². The van der Waals surface area contributed by atoms with Gasteiger partial charge in [-0.05, 0) is 25.2 Å². The predicted octanol–water partition coefficient (Wildman–Crippen LogP) is 5.02. The van der Waals surface area contributed by atoms with Crippen LogP contribution < -0.4 is 0 Å². The first kappa shape index (κ1) is 16.4. The molecule has 1 saturated carbocycles. The molecule has 0 amide bonds. The van der Waals surface area contributed by atoms with E-state index in [-0.39, 0.29) is 6.10 Å². The van der Waals surface area contributed by atoms with E-state index in [0.717, 1.165) is 23.3 Å². The third-order valence-electron chi connectivity index (χ3n) is 4.23. The van der Waals surface area contributed by atoms with Gasteiger partial charge in [0.1, 0.15) is 0 Å². The largest absolute Gasteiger partial charge is 0.392 e. The molecule has 0 aromatic heterocycles. The summed E-state index contributed by atoms with van der Waals surface area (Å²) in [4.78, 5) is 0. The van der Waals surface area contributed by atoms with Crippen molar-refractivity contribution in [3.63, 3.8) is 0 Å². The van der Waals surface area contributed by atoms with Gasteiger partial charge in [-0.25, -0.2) is 0 Å². The number of aliphatic hydroxyl groups is 1. The SMILES string of the molecule is CCCCC(CC)CC(O)CSC1CCCCC1. The van der Waals surface area contributed by atoms with E-state index < -0.39 is 0 Å². The highest BCUT2D eigenvalue weighted by Crippen LogP contribution is 2.29. The second kappa shape index (κ2) is 10.1. The summed E-state index contributed by atoms with van der Waals surface area (Å²) >= 11 is 2.03. The molecule has 1 fully saturated rings. The standard InChI is InChI=1S/C16H32OS/c1-3-5-9-14(4-2)12-15(17)13-18-16-10-7-6-8-11-16/h14-17H,3-13H2,1-2H3. The number of unbranched alkanes of at least 4 members (excludes halogenated alkanes) is 1. The first-order valence-corrected chi connectivity index (χ1v) is 9.10. The molecule has 0 heterocycles. The molecule has 1 N–H and O–H groups in total. The summed E-state index contributed by atoms with van der Waals surface area (Å²) < 4.78 is 0. The van der Waals surface area contributed by atoms with Gasteiger partial charge in [0.2, 0.25) is 0 Å². The quantitative estimate of drug-likeness (QED) is 0.636. The van der Waals surface area contributed by atoms with Crippen molar-refractivity contribution in [1.82, 2.24) is 0 Å². The molecule has 1 aliphatic rings. The lowest BCUT2D eigenvalue weighted by Crippen LogP contribution is -2.19. The predicted molar refractivity (Wildman–Crippen MR) is 83.3 cm³/mol. The molecule has 108 valence electrons. The van der Waals surface area contributed by atoms with Crippen molar-refractivity contribution in [2.75, 3.05) is 5.75 Å². The second-order valence-corrected chi connectivity index (χ2v) is 7.23. The molecule has 0 radical (unpaired) electrons. The summed E-state index contributed by atoms with van der Waals surface area (Å²) in [5.74, 6) is 1.71. The molecule has 0 aliphatic heterocycles. The number of hydrogen-bond donors (Lipinski definition) is 1. The van der Waals surface area contributed by atoms with Crippen LogP contribution in [0.25, 0.3) is 0 Å². The summed E-state index contributed by atoms with van der Waals surface area (Å²) in [5.41, 5.74) is 0. The maximum Gasteiger partial charge on any atom is 0.0633 e. The number of thioether (sulfide) groups is 1. The van der Waals surface area contributed by atoms with Gasteiger partial charge in [0.05, 0.1) is 6.10 Å². The summed E-state index contributed by atoms with van der Waals surface area (Å²) in [7, 11) is 0. The Morgan fingerprint density at radius 1 is 1.17 bits per heavy atom. The Morgan fingerprint density at radius 2 is 1.89 bits per heavy atom. The van der Waals surface area contributed by atoms with Crippen molar-refractivity contribution in [3.8, 4) is 0 Å². The molecule has 1 aliphatic carbocycles. The Labute approximate surface area is 118 Å². The van der Waals surface area contributed by atoms with Crippen LogP contribution in [0, 0.1) is 5.92 Å². The minimum atomic E-state index is -0.0706. The van der Waals surface area contributed by atoms with Gasteiger partial charge < -0.3 is 5.11 Å². The van der Waals surface area contributed by atoms with Gasteiger partial charge in [-0.1, -0.05) is 58.8 Å². The lowest BCUT2D eigenvalue weighted by molar-refractivity contribution is 0.159. The Hall–Kier alpha value is 0.310. The minimum Gasteiger partial charge on any atom is -0.392 e. The summed E-state index contributed by atoms with van der Waals surface area (Å²) in [5, 5.41) is 11.0. The molecule has 2 atom stereocenters. The summed E-state index contributed by atoms with van der Waals surface area (Å²) in [6, 6.07) is 0. The molecule has 0 bridgehead atoms. The van der Waals surface area contributed by atoms with Gasteiger partial charge in [-0.2, -0.15) is 11.8 Å². The van der Waals surface area contributed by atoms with Crippen LogP contribution in [0.4, 0.5) is 0 Å². The third-order valence-corrected chi connectivity index (χ3v) is 5.75. The zero-order chi connectivity index (χ0) is 13.2. The van der Waals surface area contributed by atoms with Crippen LogP contribution in [0.3, 0.4) is 0 Å². The Balaban J connectivity index is 2.12. The van der Waals surface area contributed by atoms with E-state index >= 15 is 0 Å². The van der Waals surface area contributed by atoms with Crippen LogP contribution in [0.2, 0.25) is 0 Å². The maximum absolute atomic E-state index is 10.2. The maximum atomic E-state index is 10.2. The van der Waals surface area contributed by atoms with Crippen LogP contribution in [-0.2, 0) is 0 Å². The van der Waals surface area contributed by atoms with E-state index in [1.807, 2.05) is 11.8 Å². The highest BCUT2D eigenvalue weighted by molar-refractivity contribution is 7.99. The van der Waals surface area contributed by atoms with E-state index in [2.05, 4.69) is 13.8 Å². The molecule has 18 heavy (non-hydrogen) atoms. The molecule has 0 saturated heterocycles. The van der Waals surface area contributed by atoms with Crippen LogP contribution in [0.5, 0.6) is 0 Å². The van der Waals surface area contributed by atoms with Gasteiger partial charge in [-0.3, -0.25) is 0 Å². The fourth-order valence-electron chi connectivity index (χ4n) is 2.91. The lowest BCUT2D eigenvalue weighted by atomic mass is 9.94. The normalized spacial score (nSPS) is 20.8. The van der Waals surface area contributed by atoms with Crippen molar-refractivity contribution in [2.24, 2.45) is 5.92 Å². The van der Waals surface area contributed by atoms with Crippen LogP contribution >= 0.6 is 11.8 Å². The highest BCUT2D eigenvalue weighted by Gasteiger charge is 2.17. The number of aliphatic hydroxyl groups excluding tert-OH is 1. The minimum absolute atomic E-state index is 0.0706. The summed E-state index contributed by atoms with van der Waals surface area (Å²) in [6.07, 6.45) is 13.1. The van der Waals surface area contributed by atoms with Gasteiger partial charge >= 0.3 is 0 Å². The average molecular weight is 272 g/mol. The zero-order valence-corrected chi connectivity index (χ0v) is 13.2. The van der Waals surface area contributed by atoms with Crippen LogP contribution in [0.15, 0.2) is 0 Å². The van der Waals surface area contributed by atoms with E-state index in [4.69, 9.17) is 0 Å². The van der Waals surface area contributed by atoms with E-state index in [0.29, 0.717) is 0 Å². The third kappa shape index (κ3) is 7.04. The molecule has 1 rings (SSSR count). The second-order valence-electron chi connectivity index (χ2n) is 5.90. The zero-order valence-electron chi connectivity index (χ0n) is 12.4. The van der Waals surface area contributed by atoms with Gasteiger partial charge in [0, 0.05) is 11.0 Å². The molecule has 0 aromatic carbocycles. The topological polar surface area (TPSA) is 20.2 Å². The van der Waals surface area contributed by atoms with Crippen LogP contribution in [0.1, 0.15) is 78.1 Å². The molecule has 2 heteroatoms. The van der Waals surface area contributed by atoms with Crippen molar-refractivity contribution in [1.29, 1.82) is 0 Å². The number of hydrogen-bond acceptors (Lipinski definition) is 2. The first-order valence-electron chi connectivity index (χ1n) is 8.05. The fourth-order valence-corrected chi connectivity index (χ4v) is 4.21. The van der Waals surface area contributed by atoms with Gasteiger partial charge in [0.15, 0.2) is 0 Å². The van der Waals surface area contributed by atoms with E-state index in [9.17, 15) is 5.11 Å². The van der Waals surface area contributed by atoms with Crippen molar-refractivity contribution >= 4 is 11.8 Å². The first-order chi connectivity index (χ1) is 8.76. The monoisotopic (exact) mass is 272 g/mol. The molecule has 1 nitrogen and oxygen atoms in total. The highest BCUT2D eigenvalue weighted by atomic mass is 32.2. The fraction of sp³-hybridized carbons (Fsp3) is 1.00. The average Bonchev–Trinajstić information content (AvgIpc) is 2.42. The molecular formula is C16H32OS. The molecular weight excluding hydrogens is 240 g/mol. The Kier molecular flexibility index (Phi) is 9.22. The smallest absolute Gasteiger partial charge is 0.0633 e. The van der Waals surface area contributed by atoms with Gasteiger partial charge in [0.25, 0.3) is 0 Å². The molecule has 2 unspecified atom stereocenters. The molecule has 0 spiro atoms. The number of rotatable bonds is 9. The van der Waals surface area contributed by atoms with Crippen molar-refractivity contribution in [2.45, 2.75) is 89.4 Å². The van der Waals surface area contributed by atoms with Crippen molar-refractivity contribution in [3.05, 3.63) is 0 Å². The molecule has 0 aromatic rings.